The molecule has 0 saturated carbocycles. The van der Waals surface area contributed by atoms with Crippen molar-refractivity contribution in [2.24, 2.45) is 11.8 Å². The van der Waals surface area contributed by atoms with E-state index in [1.807, 2.05) is 31.2 Å². The average molecular weight is 515 g/mol. The lowest BCUT2D eigenvalue weighted by molar-refractivity contribution is -0.159. The van der Waals surface area contributed by atoms with Gasteiger partial charge in [0.15, 0.2) is 0 Å². The normalized spacial score (nSPS) is 35.7. The number of amides is 2. The number of carbonyl (C=O) groups excluding carboxylic acids is 3. The fourth-order valence-electron chi connectivity index (χ4n) is 6.30. The van der Waals surface area contributed by atoms with E-state index in [0.717, 1.165) is 5.56 Å². The van der Waals surface area contributed by atoms with E-state index in [2.05, 4.69) is 0 Å². The number of hydrogen-bond donors (Lipinski definition) is 1. The molecule has 1 aromatic rings. The Morgan fingerprint density at radius 3 is 2.67 bits per heavy atom. The quantitative estimate of drug-likeness (QED) is 0.492. The lowest BCUT2D eigenvalue weighted by Crippen LogP contribution is -2.58. The second-order valence-electron chi connectivity index (χ2n) is 10.2. The SMILES string of the molecule is Cc1cccc(Cl)c1N1CC=C[C@]23O[C@]4(C)/C=C\CCCOC(=O)[C@@H]4[C@H]2C(=O)N([C@H](C)CO)C3C1=O. The van der Waals surface area contributed by atoms with E-state index in [1.165, 1.54) is 4.90 Å². The first kappa shape index (κ1) is 25.0. The van der Waals surface area contributed by atoms with Gasteiger partial charge in [0.1, 0.15) is 17.6 Å². The minimum absolute atomic E-state index is 0.217. The molecule has 36 heavy (non-hydrogen) atoms. The molecule has 0 aromatic heterocycles. The Kier molecular flexibility index (Phi) is 6.25. The molecule has 9 heteroatoms. The number of aryl methyl sites for hydroxylation is 1. The summed E-state index contributed by atoms with van der Waals surface area (Å²) in [7, 11) is 0. The van der Waals surface area contributed by atoms with Crippen molar-refractivity contribution in [3.63, 3.8) is 0 Å². The van der Waals surface area contributed by atoms with Gasteiger partial charge in [-0.3, -0.25) is 14.4 Å². The van der Waals surface area contributed by atoms with Crippen molar-refractivity contribution in [3.05, 3.63) is 53.1 Å². The van der Waals surface area contributed by atoms with Crippen LogP contribution in [0.15, 0.2) is 42.5 Å². The number of likely N-dealkylation sites (tertiary alicyclic amines) is 1. The highest BCUT2D eigenvalue weighted by Crippen LogP contribution is 2.57. The predicted molar refractivity (Wildman–Crippen MR) is 133 cm³/mol. The third-order valence-electron chi connectivity index (χ3n) is 7.89. The molecule has 8 nitrogen and oxygen atoms in total. The van der Waals surface area contributed by atoms with E-state index in [-0.39, 0.29) is 25.7 Å². The summed E-state index contributed by atoms with van der Waals surface area (Å²) in [5.41, 5.74) is -1.19. The van der Waals surface area contributed by atoms with E-state index < -0.39 is 47.0 Å². The summed E-state index contributed by atoms with van der Waals surface area (Å²) in [5.74, 6) is -3.22. The van der Waals surface area contributed by atoms with Crippen molar-refractivity contribution in [1.82, 2.24) is 4.90 Å². The Labute approximate surface area is 215 Å². The number of ether oxygens (including phenoxy) is 2. The summed E-state index contributed by atoms with van der Waals surface area (Å²) in [5, 5.41) is 10.5. The highest BCUT2D eigenvalue weighted by molar-refractivity contribution is 6.34. The van der Waals surface area contributed by atoms with Crippen LogP contribution in [0.3, 0.4) is 0 Å². The smallest absolute Gasteiger partial charge is 0.313 e. The zero-order valence-corrected chi connectivity index (χ0v) is 21.4. The lowest BCUT2D eigenvalue weighted by atomic mass is 9.74. The Balaban J connectivity index is 1.69. The molecule has 1 spiro atoms. The Hall–Kier alpha value is -2.68. The molecule has 4 aliphatic rings. The molecule has 1 aromatic carbocycles. The molecule has 192 valence electrons. The number of carbonyl (C=O) groups is 3. The fourth-order valence-corrected chi connectivity index (χ4v) is 6.63. The summed E-state index contributed by atoms with van der Waals surface area (Å²) < 4.78 is 12.3. The van der Waals surface area contributed by atoms with Crippen LogP contribution in [0.4, 0.5) is 5.69 Å². The van der Waals surface area contributed by atoms with Gasteiger partial charge in [0, 0.05) is 6.54 Å². The van der Waals surface area contributed by atoms with Crippen molar-refractivity contribution in [3.8, 4) is 0 Å². The molecule has 1 N–H and O–H groups in total. The number of cyclic esters (lactones) is 1. The minimum Gasteiger partial charge on any atom is -0.465 e. The zero-order valence-electron chi connectivity index (χ0n) is 20.6. The van der Waals surface area contributed by atoms with Gasteiger partial charge in [-0.05, 0) is 45.2 Å². The van der Waals surface area contributed by atoms with Crippen molar-refractivity contribution >= 4 is 35.1 Å². The maximum atomic E-state index is 14.4. The number of benzene rings is 1. The van der Waals surface area contributed by atoms with Crippen LogP contribution in [-0.2, 0) is 23.9 Å². The molecule has 5 rings (SSSR count). The Bertz CT molecular complexity index is 1150. The van der Waals surface area contributed by atoms with Gasteiger partial charge in [-0.1, -0.05) is 48.0 Å². The zero-order chi connectivity index (χ0) is 25.8. The third kappa shape index (κ3) is 3.53. The van der Waals surface area contributed by atoms with Crippen LogP contribution in [0.5, 0.6) is 0 Å². The average Bonchev–Trinajstić information content (AvgIpc) is 3.19. The molecular weight excluding hydrogens is 484 g/mol. The summed E-state index contributed by atoms with van der Waals surface area (Å²) in [6.07, 6.45) is 8.73. The first-order valence-corrected chi connectivity index (χ1v) is 12.8. The van der Waals surface area contributed by atoms with Crippen molar-refractivity contribution in [2.75, 3.05) is 24.7 Å². The number of hydrogen-bond acceptors (Lipinski definition) is 6. The van der Waals surface area contributed by atoms with Crippen LogP contribution in [0.1, 0.15) is 32.3 Å². The van der Waals surface area contributed by atoms with E-state index in [4.69, 9.17) is 21.1 Å². The Morgan fingerprint density at radius 2 is 1.94 bits per heavy atom. The van der Waals surface area contributed by atoms with Gasteiger partial charge in [-0.25, -0.2) is 0 Å². The van der Waals surface area contributed by atoms with Crippen molar-refractivity contribution in [1.29, 1.82) is 0 Å². The third-order valence-corrected chi connectivity index (χ3v) is 8.19. The number of aliphatic hydroxyl groups is 1. The molecule has 0 aliphatic carbocycles. The summed E-state index contributed by atoms with van der Waals surface area (Å²) in [4.78, 5) is 44.8. The van der Waals surface area contributed by atoms with Crippen molar-refractivity contribution in [2.45, 2.75) is 56.9 Å². The summed E-state index contributed by atoms with van der Waals surface area (Å²) in [6, 6.07) is 3.63. The molecular formula is C27H31ClN2O6. The van der Waals surface area contributed by atoms with E-state index in [9.17, 15) is 19.5 Å². The lowest BCUT2D eigenvalue weighted by Gasteiger charge is -2.39. The standard InChI is InChI=1S/C27H31ClN2O6/c1-16-9-7-10-18(28)21(16)29-13-8-12-27-19(23(32)30(17(2)15-31)22(27)24(29)33)20-25(34)35-14-6-4-5-11-26(20,3)36-27/h5,7-12,17,19-20,22,31H,4,6,13-15H2,1-3H3/b11-5-/t17-,19+,20+,22?,26-,27+/m1/s1. The first-order chi connectivity index (χ1) is 17.2. The van der Waals surface area contributed by atoms with Crippen molar-refractivity contribution < 1.29 is 29.0 Å². The fraction of sp³-hybridized carbons (Fsp3) is 0.519. The molecule has 0 radical (unpaired) electrons. The first-order valence-electron chi connectivity index (χ1n) is 12.4. The van der Waals surface area contributed by atoms with Crippen LogP contribution < -0.4 is 4.90 Å². The van der Waals surface area contributed by atoms with Gasteiger partial charge in [0.2, 0.25) is 5.91 Å². The van der Waals surface area contributed by atoms with Gasteiger partial charge < -0.3 is 24.4 Å². The number of esters is 1. The summed E-state index contributed by atoms with van der Waals surface area (Å²) in [6.45, 7) is 5.44. The van der Waals surface area contributed by atoms with Crippen LogP contribution >= 0.6 is 11.6 Å². The van der Waals surface area contributed by atoms with Crippen LogP contribution in [0.2, 0.25) is 5.02 Å². The molecule has 2 saturated heterocycles. The number of allylic oxidation sites excluding steroid dienone is 1. The van der Waals surface area contributed by atoms with Gasteiger partial charge in [0.25, 0.3) is 5.91 Å². The number of halogens is 1. The number of nitrogens with zero attached hydrogens (tertiary/aromatic N) is 2. The molecule has 1 unspecified atom stereocenters. The maximum Gasteiger partial charge on any atom is 0.313 e. The highest BCUT2D eigenvalue weighted by atomic mass is 35.5. The van der Waals surface area contributed by atoms with Gasteiger partial charge in [-0.2, -0.15) is 0 Å². The number of fused-ring (bicyclic) bond motifs is 2. The topological polar surface area (TPSA) is 96.4 Å². The predicted octanol–water partition coefficient (Wildman–Crippen LogP) is 2.80. The molecule has 4 aliphatic heterocycles. The number of anilines is 1. The van der Waals surface area contributed by atoms with Gasteiger partial charge >= 0.3 is 5.97 Å². The molecule has 6 atom stereocenters. The largest absolute Gasteiger partial charge is 0.465 e. The van der Waals surface area contributed by atoms with Crippen LogP contribution in [0.25, 0.3) is 0 Å². The van der Waals surface area contributed by atoms with Gasteiger partial charge in [0.05, 0.1) is 41.5 Å². The monoisotopic (exact) mass is 514 g/mol. The summed E-state index contributed by atoms with van der Waals surface area (Å²) >= 11 is 6.54. The van der Waals surface area contributed by atoms with E-state index in [1.54, 1.807) is 37.0 Å². The molecule has 4 heterocycles. The highest BCUT2D eigenvalue weighted by Gasteiger charge is 2.75. The van der Waals surface area contributed by atoms with Crippen LogP contribution in [0, 0.1) is 18.8 Å². The second kappa shape index (κ2) is 9.01. The molecule has 2 fully saturated rings. The molecule has 2 amide bonds. The Morgan fingerprint density at radius 1 is 1.17 bits per heavy atom. The van der Waals surface area contributed by atoms with Gasteiger partial charge in [-0.15, -0.1) is 0 Å². The van der Waals surface area contributed by atoms with E-state index in [0.29, 0.717) is 23.6 Å². The second-order valence-corrected chi connectivity index (χ2v) is 10.7. The maximum absolute atomic E-state index is 14.4. The molecule has 0 bridgehead atoms. The number of rotatable bonds is 3. The number of aliphatic hydroxyl groups excluding tert-OH is 1. The van der Waals surface area contributed by atoms with E-state index >= 15 is 0 Å². The van der Waals surface area contributed by atoms with Crippen LogP contribution in [-0.4, -0.2) is 70.8 Å². The number of para-hydroxylation sites is 1. The minimum atomic E-state index is -1.41.